The fourth-order valence-electron chi connectivity index (χ4n) is 3.10. The Labute approximate surface area is 123 Å². The summed E-state index contributed by atoms with van der Waals surface area (Å²) in [4.78, 5) is 28.7. The Kier molecular flexibility index (Phi) is 3.59. The maximum atomic E-state index is 12.3. The molecule has 110 valence electrons. The van der Waals surface area contributed by atoms with Gasteiger partial charge in [0.2, 0.25) is 5.91 Å². The maximum Gasteiger partial charge on any atom is 0.264 e. The summed E-state index contributed by atoms with van der Waals surface area (Å²) in [5.74, 6) is -1.26. The van der Waals surface area contributed by atoms with Gasteiger partial charge in [-0.05, 0) is 18.4 Å². The van der Waals surface area contributed by atoms with Crippen LogP contribution < -0.4 is 11.1 Å². The molecule has 21 heavy (non-hydrogen) atoms. The van der Waals surface area contributed by atoms with Crippen LogP contribution in [0.25, 0.3) is 0 Å². The third kappa shape index (κ3) is 2.61. The highest BCUT2D eigenvalue weighted by Crippen LogP contribution is 2.29. The molecule has 2 amide bonds. The van der Waals surface area contributed by atoms with Crippen molar-refractivity contribution in [3.8, 4) is 0 Å². The van der Waals surface area contributed by atoms with Crippen LogP contribution in [0.5, 0.6) is 0 Å². The molecule has 2 aliphatic rings. The van der Waals surface area contributed by atoms with E-state index in [9.17, 15) is 9.59 Å². The fraction of sp³-hybridized carbons (Fsp3) is 0.438. The highest BCUT2D eigenvalue weighted by atomic mass is 16.2. The lowest BCUT2D eigenvalue weighted by molar-refractivity contribution is -0.130. The zero-order valence-corrected chi connectivity index (χ0v) is 11.8. The SMILES string of the molecule is NC1(C2=NC(=O)C(c3ccccc3)C(=O)N2)CCCCC1. The molecule has 0 spiro atoms. The average molecular weight is 285 g/mol. The first kappa shape index (κ1) is 13.9. The van der Waals surface area contributed by atoms with E-state index in [1.165, 1.54) is 0 Å². The number of rotatable bonds is 2. The molecule has 5 nitrogen and oxygen atoms in total. The molecule has 1 aromatic rings. The topological polar surface area (TPSA) is 84.5 Å². The third-order valence-electron chi connectivity index (χ3n) is 4.32. The number of benzene rings is 1. The number of nitrogens with one attached hydrogen (secondary N) is 1. The average Bonchev–Trinajstić information content (AvgIpc) is 2.48. The zero-order valence-electron chi connectivity index (χ0n) is 11.8. The predicted molar refractivity (Wildman–Crippen MR) is 79.8 cm³/mol. The van der Waals surface area contributed by atoms with Crippen molar-refractivity contribution in [2.75, 3.05) is 0 Å². The van der Waals surface area contributed by atoms with Crippen LogP contribution in [0.1, 0.15) is 43.6 Å². The second-order valence-corrected chi connectivity index (χ2v) is 5.85. The molecule has 0 bridgehead atoms. The van der Waals surface area contributed by atoms with Crippen LogP contribution in [0.4, 0.5) is 0 Å². The van der Waals surface area contributed by atoms with Crippen LogP contribution in [0.3, 0.4) is 0 Å². The van der Waals surface area contributed by atoms with Crippen molar-refractivity contribution in [3.05, 3.63) is 35.9 Å². The van der Waals surface area contributed by atoms with E-state index in [-0.39, 0.29) is 5.91 Å². The summed E-state index contributed by atoms with van der Waals surface area (Å²) in [7, 11) is 0. The van der Waals surface area contributed by atoms with Gasteiger partial charge in [-0.15, -0.1) is 0 Å². The van der Waals surface area contributed by atoms with Gasteiger partial charge in [-0.2, -0.15) is 4.99 Å². The summed E-state index contributed by atoms with van der Waals surface area (Å²) < 4.78 is 0. The monoisotopic (exact) mass is 285 g/mol. The minimum Gasteiger partial charge on any atom is -0.319 e. The van der Waals surface area contributed by atoms with Crippen LogP contribution in [-0.2, 0) is 9.59 Å². The lowest BCUT2D eigenvalue weighted by Crippen LogP contribution is -2.59. The van der Waals surface area contributed by atoms with Crippen LogP contribution in [0, 0.1) is 0 Å². The van der Waals surface area contributed by atoms with Crippen molar-refractivity contribution in [1.29, 1.82) is 0 Å². The molecule has 1 atom stereocenters. The number of nitrogens with two attached hydrogens (primary N) is 1. The number of carbonyl (C=O) groups is 2. The summed E-state index contributed by atoms with van der Waals surface area (Å²) in [5.41, 5.74) is 6.35. The third-order valence-corrected chi connectivity index (χ3v) is 4.32. The minimum atomic E-state index is -0.859. The first-order chi connectivity index (χ1) is 10.1. The lowest BCUT2D eigenvalue weighted by Gasteiger charge is -2.36. The summed E-state index contributed by atoms with van der Waals surface area (Å²) in [6.45, 7) is 0. The first-order valence-electron chi connectivity index (χ1n) is 7.38. The van der Waals surface area contributed by atoms with E-state index in [4.69, 9.17) is 5.73 Å². The Morgan fingerprint density at radius 2 is 1.76 bits per heavy atom. The quantitative estimate of drug-likeness (QED) is 0.807. The summed E-state index contributed by atoms with van der Waals surface area (Å²) in [6.07, 6.45) is 4.66. The van der Waals surface area contributed by atoms with Gasteiger partial charge in [-0.25, -0.2) is 0 Å². The van der Waals surface area contributed by atoms with E-state index < -0.39 is 17.4 Å². The van der Waals surface area contributed by atoms with Crippen molar-refractivity contribution in [3.63, 3.8) is 0 Å². The first-order valence-corrected chi connectivity index (χ1v) is 7.38. The second kappa shape index (κ2) is 5.41. The van der Waals surface area contributed by atoms with Gasteiger partial charge < -0.3 is 11.1 Å². The van der Waals surface area contributed by atoms with Crippen LogP contribution in [0.15, 0.2) is 35.3 Å². The Morgan fingerprint density at radius 1 is 1.10 bits per heavy atom. The van der Waals surface area contributed by atoms with E-state index in [0.29, 0.717) is 11.4 Å². The molecular weight excluding hydrogens is 266 g/mol. The molecule has 3 rings (SSSR count). The molecular formula is C16H19N3O2. The van der Waals surface area contributed by atoms with Gasteiger partial charge >= 0.3 is 0 Å². The highest BCUT2D eigenvalue weighted by Gasteiger charge is 2.41. The van der Waals surface area contributed by atoms with Gasteiger partial charge in [0.05, 0.1) is 5.54 Å². The largest absolute Gasteiger partial charge is 0.319 e. The number of aliphatic imine (C=N–C) groups is 1. The number of hydrogen-bond donors (Lipinski definition) is 2. The van der Waals surface area contributed by atoms with Crippen LogP contribution in [-0.4, -0.2) is 23.2 Å². The highest BCUT2D eigenvalue weighted by molar-refractivity contribution is 6.21. The molecule has 1 aromatic carbocycles. The Hall–Kier alpha value is -2.01. The number of carbonyl (C=O) groups excluding carboxylic acids is 2. The molecule has 1 aliphatic carbocycles. The molecule has 1 saturated carbocycles. The number of amidine groups is 1. The van der Waals surface area contributed by atoms with Gasteiger partial charge in [-0.3, -0.25) is 9.59 Å². The van der Waals surface area contributed by atoms with Gasteiger partial charge in [-0.1, -0.05) is 49.6 Å². The predicted octanol–water partition coefficient (Wildman–Crippen LogP) is 1.49. The second-order valence-electron chi connectivity index (χ2n) is 5.85. The van der Waals surface area contributed by atoms with Gasteiger partial charge in [0.15, 0.2) is 0 Å². The fourth-order valence-corrected chi connectivity index (χ4v) is 3.10. The van der Waals surface area contributed by atoms with Crippen molar-refractivity contribution < 1.29 is 9.59 Å². The van der Waals surface area contributed by atoms with Gasteiger partial charge in [0.25, 0.3) is 5.91 Å². The summed E-state index contributed by atoms with van der Waals surface area (Å²) >= 11 is 0. The normalized spacial score (nSPS) is 25.2. The molecule has 0 saturated heterocycles. The molecule has 3 N–H and O–H groups in total. The lowest BCUT2D eigenvalue weighted by atomic mass is 9.80. The number of amides is 2. The standard InChI is InChI=1S/C16H19N3O2/c17-16(9-5-2-6-10-16)15-18-13(20)12(14(21)19-15)11-7-3-1-4-8-11/h1,3-4,7-8,12H,2,5-6,9-10,17H2,(H,18,19,20,21). The minimum absolute atomic E-state index is 0.327. The molecule has 5 heteroatoms. The summed E-state index contributed by atoms with van der Waals surface area (Å²) in [5, 5.41) is 2.77. The molecule has 1 aliphatic heterocycles. The Morgan fingerprint density at radius 3 is 2.38 bits per heavy atom. The van der Waals surface area contributed by atoms with Crippen LogP contribution >= 0.6 is 0 Å². The number of hydrogen-bond acceptors (Lipinski definition) is 3. The molecule has 0 radical (unpaired) electrons. The van der Waals surface area contributed by atoms with Crippen LogP contribution in [0.2, 0.25) is 0 Å². The zero-order chi connectivity index (χ0) is 14.9. The smallest absolute Gasteiger partial charge is 0.264 e. The van der Waals surface area contributed by atoms with E-state index in [0.717, 1.165) is 32.1 Å². The van der Waals surface area contributed by atoms with E-state index in [2.05, 4.69) is 10.3 Å². The van der Waals surface area contributed by atoms with Gasteiger partial charge in [0, 0.05) is 0 Å². The van der Waals surface area contributed by atoms with Gasteiger partial charge in [0.1, 0.15) is 11.8 Å². The van der Waals surface area contributed by atoms with E-state index in [1.54, 1.807) is 24.3 Å². The van der Waals surface area contributed by atoms with E-state index >= 15 is 0 Å². The Bertz CT molecular complexity index is 589. The molecule has 1 fully saturated rings. The van der Waals surface area contributed by atoms with Crippen molar-refractivity contribution in [2.45, 2.75) is 43.6 Å². The molecule has 0 aromatic heterocycles. The van der Waals surface area contributed by atoms with Crippen molar-refractivity contribution in [1.82, 2.24) is 5.32 Å². The van der Waals surface area contributed by atoms with Crippen molar-refractivity contribution in [2.24, 2.45) is 10.7 Å². The number of nitrogens with zero attached hydrogens (tertiary/aromatic N) is 1. The molecule has 1 heterocycles. The maximum absolute atomic E-state index is 12.3. The van der Waals surface area contributed by atoms with E-state index in [1.807, 2.05) is 6.07 Å². The van der Waals surface area contributed by atoms with Crippen molar-refractivity contribution >= 4 is 17.6 Å². The molecule has 1 unspecified atom stereocenters. The summed E-state index contributed by atoms with van der Waals surface area (Å²) in [6, 6.07) is 8.99. The Balaban J connectivity index is 1.89.